The number of ether oxygens (including phenoxy) is 1. The number of aromatic nitrogens is 3. The van der Waals surface area contributed by atoms with Crippen LogP contribution in [0.3, 0.4) is 0 Å². The number of rotatable bonds is 3. The summed E-state index contributed by atoms with van der Waals surface area (Å²) in [5, 5.41) is 0.823. The van der Waals surface area contributed by atoms with Gasteiger partial charge in [0.15, 0.2) is 10.5 Å². The molecule has 0 N–H and O–H groups in total. The maximum absolute atomic E-state index is 12.7. The first-order chi connectivity index (χ1) is 10.3. The summed E-state index contributed by atoms with van der Waals surface area (Å²) in [6.07, 6.45) is 9.33. The second kappa shape index (κ2) is 6.05. The molecule has 3 rings (SSSR count). The van der Waals surface area contributed by atoms with Crippen molar-refractivity contribution < 1.29 is 9.53 Å². The highest BCUT2D eigenvalue weighted by atomic mass is 32.1. The Kier molecular flexibility index (Phi) is 4.14. The van der Waals surface area contributed by atoms with Gasteiger partial charge in [-0.3, -0.25) is 4.79 Å². The smallest absolute Gasteiger partial charge is 0.319 e. The molecule has 0 bridgehead atoms. The molecule has 0 atom stereocenters. The minimum Gasteiger partial charge on any atom is -0.465 e. The van der Waals surface area contributed by atoms with Gasteiger partial charge in [0.05, 0.1) is 6.61 Å². The fourth-order valence-electron chi connectivity index (χ4n) is 2.99. The monoisotopic (exact) mass is 305 g/mol. The van der Waals surface area contributed by atoms with Gasteiger partial charge < -0.3 is 4.74 Å². The summed E-state index contributed by atoms with van der Waals surface area (Å²) in [5.41, 5.74) is 0.0324. The van der Waals surface area contributed by atoms with Gasteiger partial charge in [0.1, 0.15) is 10.4 Å². The molecule has 5 nitrogen and oxygen atoms in total. The molecule has 0 unspecified atom stereocenters. The molecule has 0 spiro atoms. The van der Waals surface area contributed by atoms with E-state index in [1.807, 2.05) is 6.92 Å². The molecule has 0 aromatic carbocycles. The van der Waals surface area contributed by atoms with E-state index in [1.54, 1.807) is 12.4 Å². The number of hydrogen-bond acceptors (Lipinski definition) is 6. The zero-order chi connectivity index (χ0) is 14.7. The highest BCUT2D eigenvalue weighted by Crippen LogP contribution is 2.42. The van der Waals surface area contributed by atoms with Crippen LogP contribution >= 0.6 is 11.3 Å². The largest absolute Gasteiger partial charge is 0.465 e. The molecule has 2 heterocycles. The molecular formula is C15H19N3O2S. The van der Waals surface area contributed by atoms with Crippen molar-refractivity contribution >= 4 is 27.8 Å². The van der Waals surface area contributed by atoms with Crippen molar-refractivity contribution in [1.29, 1.82) is 0 Å². The van der Waals surface area contributed by atoms with E-state index < -0.39 is 5.41 Å². The molecule has 6 heteroatoms. The summed E-state index contributed by atoms with van der Waals surface area (Å²) in [6.45, 7) is 2.26. The third-order valence-corrected chi connectivity index (χ3v) is 5.24. The van der Waals surface area contributed by atoms with Gasteiger partial charge in [-0.25, -0.2) is 15.0 Å². The molecule has 1 saturated carbocycles. The summed E-state index contributed by atoms with van der Waals surface area (Å²) >= 11 is 1.48. The van der Waals surface area contributed by atoms with Crippen LogP contribution in [-0.4, -0.2) is 27.5 Å². The number of esters is 1. The number of nitrogens with zero attached hydrogens (tertiary/aromatic N) is 3. The average molecular weight is 305 g/mol. The Morgan fingerprint density at radius 2 is 1.95 bits per heavy atom. The predicted octanol–water partition coefficient (Wildman–Crippen LogP) is 3.24. The van der Waals surface area contributed by atoms with Gasteiger partial charge in [-0.2, -0.15) is 0 Å². The lowest BCUT2D eigenvalue weighted by Gasteiger charge is -2.27. The Balaban J connectivity index is 2.06. The number of thiazole rings is 1. The third kappa shape index (κ3) is 2.64. The van der Waals surface area contributed by atoms with Crippen LogP contribution in [0, 0.1) is 0 Å². The van der Waals surface area contributed by atoms with E-state index in [4.69, 9.17) is 4.74 Å². The van der Waals surface area contributed by atoms with Gasteiger partial charge in [0.25, 0.3) is 0 Å². The maximum atomic E-state index is 12.7. The Labute approximate surface area is 127 Å². The van der Waals surface area contributed by atoms with Crippen molar-refractivity contribution in [3.8, 4) is 0 Å². The van der Waals surface area contributed by atoms with Crippen LogP contribution in [0.5, 0.6) is 0 Å². The summed E-state index contributed by atoms with van der Waals surface area (Å²) in [5.74, 6) is -0.133. The predicted molar refractivity (Wildman–Crippen MR) is 81.2 cm³/mol. The van der Waals surface area contributed by atoms with Gasteiger partial charge in [-0.1, -0.05) is 37.0 Å². The van der Waals surface area contributed by atoms with Crippen molar-refractivity contribution in [2.24, 2.45) is 0 Å². The van der Waals surface area contributed by atoms with Crippen molar-refractivity contribution in [2.45, 2.75) is 50.9 Å². The Hall–Kier alpha value is -1.56. The Bertz CT molecular complexity index is 600. The van der Waals surface area contributed by atoms with Gasteiger partial charge in [0.2, 0.25) is 0 Å². The lowest BCUT2D eigenvalue weighted by Crippen LogP contribution is -2.37. The van der Waals surface area contributed by atoms with Crippen LogP contribution in [0.4, 0.5) is 0 Å². The molecule has 0 amide bonds. The highest BCUT2D eigenvalue weighted by Gasteiger charge is 2.44. The molecule has 0 saturated heterocycles. The second-order valence-corrected chi connectivity index (χ2v) is 6.40. The van der Waals surface area contributed by atoms with E-state index >= 15 is 0 Å². The lowest BCUT2D eigenvalue weighted by atomic mass is 9.81. The van der Waals surface area contributed by atoms with Crippen LogP contribution in [0.15, 0.2) is 12.4 Å². The van der Waals surface area contributed by atoms with E-state index in [2.05, 4.69) is 15.0 Å². The summed E-state index contributed by atoms with van der Waals surface area (Å²) in [4.78, 5) is 26.6. The summed E-state index contributed by atoms with van der Waals surface area (Å²) in [7, 11) is 0. The van der Waals surface area contributed by atoms with E-state index in [9.17, 15) is 4.79 Å². The van der Waals surface area contributed by atoms with E-state index in [0.29, 0.717) is 12.3 Å². The average Bonchev–Trinajstić information content (AvgIpc) is 2.77. The molecule has 1 aliphatic rings. The first-order valence-corrected chi connectivity index (χ1v) is 8.33. The van der Waals surface area contributed by atoms with E-state index in [1.165, 1.54) is 24.2 Å². The molecule has 112 valence electrons. The van der Waals surface area contributed by atoms with Gasteiger partial charge in [-0.05, 0) is 19.8 Å². The first kappa shape index (κ1) is 14.4. The molecule has 0 aliphatic heterocycles. The topological polar surface area (TPSA) is 65.0 Å². The molecule has 2 aromatic rings. The van der Waals surface area contributed by atoms with Crippen LogP contribution in [0.1, 0.15) is 50.5 Å². The zero-order valence-corrected chi connectivity index (χ0v) is 13.0. The van der Waals surface area contributed by atoms with Crippen molar-refractivity contribution in [3.05, 3.63) is 17.4 Å². The van der Waals surface area contributed by atoms with Crippen molar-refractivity contribution in [3.63, 3.8) is 0 Å². The van der Waals surface area contributed by atoms with Crippen LogP contribution < -0.4 is 0 Å². The summed E-state index contributed by atoms with van der Waals surface area (Å²) in [6, 6.07) is 0. The normalized spacial score (nSPS) is 18.3. The van der Waals surface area contributed by atoms with Gasteiger partial charge in [-0.15, -0.1) is 0 Å². The maximum Gasteiger partial charge on any atom is 0.319 e. The number of carbonyl (C=O) groups excluding carboxylic acids is 1. The minimum atomic E-state index is -0.598. The van der Waals surface area contributed by atoms with Crippen molar-refractivity contribution in [1.82, 2.24) is 15.0 Å². The molecule has 21 heavy (non-hydrogen) atoms. The molecular weight excluding hydrogens is 286 g/mol. The molecule has 1 fully saturated rings. The van der Waals surface area contributed by atoms with Crippen LogP contribution in [-0.2, 0) is 14.9 Å². The standard InChI is InChI=1S/C15H19N3O2S/c1-2-20-14(19)15(7-5-3-4-6-8-15)13-18-11-12(21-13)17-10-9-16-11/h9-10H,2-8H2,1H3. The van der Waals surface area contributed by atoms with E-state index in [-0.39, 0.29) is 5.97 Å². The number of fused-ring (bicyclic) bond motifs is 1. The van der Waals surface area contributed by atoms with E-state index in [0.717, 1.165) is 35.5 Å². The number of carbonyl (C=O) groups is 1. The van der Waals surface area contributed by atoms with Crippen molar-refractivity contribution in [2.75, 3.05) is 6.61 Å². The molecule has 0 radical (unpaired) electrons. The highest BCUT2D eigenvalue weighted by molar-refractivity contribution is 7.18. The van der Waals surface area contributed by atoms with Gasteiger partial charge >= 0.3 is 5.97 Å². The molecule has 2 aromatic heterocycles. The third-order valence-electron chi connectivity index (χ3n) is 4.08. The number of hydrogen-bond donors (Lipinski definition) is 0. The van der Waals surface area contributed by atoms with Crippen LogP contribution in [0.25, 0.3) is 10.5 Å². The van der Waals surface area contributed by atoms with Gasteiger partial charge in [0, 0.05) is 12.4 Å². The zero-order valence-electron chi connectivity index (χ0n) is 12.2. The fourth-order valence-corrected chi connectivity index (χ4v) is 4.09. The lowest BCUT2D eigenvalue weighted by molar-refractivity contribution is -0.150. The second-order valence-electron chi connectivity index (χ2n) is 5.42. The Morgan fingerprint density at radius 1 is 1.24 bits per heavy atom. The first-order valence-electron chi connectivity index (χ1n) is 7.51. The molecule has 1 aliphatic carbocycles. The fraction of sp³-hybridized carbons (Fsp3) is 0.600. The minimum absolute atomic E-state index is 0.133. The SMILES string of the molecule is CCOC(=O)C1(c2nc3nccnc3s2)CCCCCC1. The van der Waals surface area contributed by atoms with Crippen LogP contribution in [0.2, 0.25) is 0 Å². The quantitative estimate of drug-likeness (QED) is 0.643. The summed E-state index contributed by atoms with van der Waals surface area (Å²) < 4.78 is 5.38. The Morgan fingerprint density at radius 3 is 2.62 bits per heavy atom.